The molecule has 0 spiro atoms. The average molecular weight is 189 g/mol. The third-order valence-electron chi connectivity index (χ3n) is 1.62. The molecule has 0 aliphatic carbocycles. The molecule has 4 nitrogen and oxygen atoms in total. The summed E-state index contributed by atoms with van der Waals surface area (Å²) in [6.45, 7) is 3.78. The number of nitro benzene ring substituents is 1. The molecule has 0 atom stereocenters. The molecule has 1 radical (unpaired) electrons. The molecule has 1 aromatic carbocycles. The number of nitro groups is 1. The second kappa shape index (κ2) is 4.40. The number of rotatable bonds is 1. The largest absolute Gasteiger partial charge is 0.320 e. The Morgan fingerprint density at radius 1 is 1.57 bits per heavy atom. The highest BCUT2D eigenvalue weighted by molar-refractivity contribution is 5.49. The fraction of sp³-hybridized carbons (Fsp3) is 0.100. The molecule has 1 aromatic rings. The lowest BCUT2D eigenvalue weighted by atomic mass is 10.1. The Labute approximate surface area is 81.9 Å². The number of hydrogen-bond donors (Lipinski definition) is 1. The summed E-state index contributed by atoms with van der Waals surface area (Å²) >= 11 is 0. The van der Waals surface area contributed by atoms with Gasteiger partial charge in [0.25, 0.3) is 5.69 Å². The molecule has 1 rings (SSSR count). The van der Waals surface area contributed by atoms with E-state index in [0.29, 0.717) is 11.1 Å². The van der Waals surface area contributed by atoms with E-state index in [1.165, 1.54) is 6.07 Å². The monoisotopic (exact) mass is 189 g/mol. The standard InChI is InChI=1S/C10H9N2O2/c1-8-4-5-9(3-2-6-11)7-10(8)12(13)14/h4-5,7H,1,6,11H2. The van der Waals surface area contributed by atoms with Crippen LogP contribution in [0.15, 0.2) is 18.2 Å². The molecule has 0 bridgehead atoms. The number of benzene rings is 1. The Morgan fingerprint density at radius 3 is 2.86 bits per heavy atom. The van der Waals surface area contributed by atoms with Gasteiger partial charge >= 0.3 is 0 Å². The second-order valence-corrected chi connectivity index (χ2v) is 2.61. The van der Waals surface area contributed by atoms with Gasteiger partial charge in [-0.1, -0.05) is 17.9 Å². The van der Waals surface area contributed by atoms with Crippen LogP contribution in [-0.4, -0.2) is 11.5 Å². The minimum atomic E-state index is -0.476. The van der Waals surface area contributed by atoms with Crippen LogP contribution in [0.5, 0.6) is 0 Å². The summed E-state index contributed by atoms with van der Waals surface area (Å²) in [5, 5.41) is 10.5. The van der Waals surface area contributed by atoms with Crippen molar-refractivity contribution in [3.63, 3.8) is 0 Å². The first-order chi connectivity index (χ1) is 6.65. The third kappa shape index (κ3) is 2.31. The molecular weight excluding hydrogens is 180 g/mol. The first-order valence-corrected chi connectivity index (χ1v) is 3.94. The maximum Gasteiger partial charge on any atom is 0.273 e. The van der Waals surface area contributed by atoms with Gasteiger partial charge in [-0.05, 0) is 13.0 Å². The van der Waals surface area contributed by atoms with Crippen molar-refractivity contribution >= 4 is 5.69 Å². The molecule has 0 unspecified atom stereocenters. The first-order valence-electron chi connectivity index (χ1n) is 3.94. The van der Waals surface area contributed by atoms with Crippen LogP contribution in [0.1, 0.15) is 11.1 Å². The van der Waals surface area contributed by atoms with E-state index in [1.807, 2.05) is 0 Å². The van der Waals surface area contributed by atoms with Crippen molar-refractivity contribution in [2.75, 3.05) is 6.54 Å². The molecule has 2 N–H and O–H groups in total. The van der Waals surface area contributed by atoms with Crippen LogP contribution in [0.25, 0.3) is 0 Å². The quantitative estimate of drug-likeness (QED) is 0.408. The number of nitrogens with two attached hydrogens (primary N) is 1. The molecule has 71 valence electrons. The Balaban J connectivity index is 3.13. The predicted octanol–water partition coefficient (Wildman–Crippen LogP) is 1.09. The van der Waals surface area contributed by atoms with Crippen molar-refractivity contribution in [3.8, 4) is 11.8 Å². The Morgan fingerprint density at radius 2 is 2.29 bits per heavy atom. The summed E-state index contributed by atoms with van der Waals surface area (Å²) < 4.78 is 0. The second-order valence-electron chi connectivity index (χ2n) is 2.61. The van der Waals surface area contributed by atoms with E-state index in [9.17, 15) is 10.1 Å². The Kier molecular flexibility index (Phi) is 3.21. The highest BCUT2D eigenvalue weighted by atomic mass is 16.6. The first kappa shape index (κ1) is 10.2. The third-order valence-corrected chi connectivity index (χ3v) is 1.62. The minimum absolute atomic E-state index is 0.0196. The smallest absolute Gasteiger partial charge is 0.273 e. The summed E-state index contributed by atoms with van der Waals surface area (Å²) in [7, 11) is 0. The van der Waals surface area contributed by atoms with Crippen LogP contribution in [0.2, 0.25) is 0 Å². The zero-order valence-electron chi connectivity index (χ0n) is 7.49. The fourth-order valence-corrected chi connectivity index (χ4v) is 0.965. The van der Waals surface area contributed by atoms with Crippen LogP contribution >= 0.6 is 0 Å². The van der Waals surface area contributed by atoms with Gasteiger partial charge in [0.2, 0.25) is 0 Å². The molecular formula is C10H9N2O2. The maximum atomic E-state index is 10.5. The van der Waals surface area contributed by atoms with Crippen molar-refractivity contribution in [2.24, 2.45) is 5.73 Å². The van der Waals surface area contributed by atoms with Crippen LogP contribution in [0.4, 0.5) is 5.69 Å². The summed E-state index contributed by atoms with van der Waals surface area (Å²) in [4.78, 5) is 10.1. The summed E-state index contributed by atoms with van der Waals surface area (Å²) in [6, 6.07) is 4.64. The van der Waals surface area contributed by atoms with Crippen LogP contribution in [-0.2, 0) is 0 Å². The Hall–Kier alpha value is -1.86. The zero-order chi connectivity index (χ0) is 10.6. The van der Waals surface area contributed by atoms with Crippen molar-refractivity contribution in [1.82, 2.24) is 0 Å². The fourth-order valence-electron chi connectivity index (χ4n) is 0.965. The SMILES string of the molecule is [CH2]c1ccc(C#CCN)cc1[N+](=O)[O-]. The molecule has 0 saturated heterocycles. The average Bonchev–Trinajstić information content (AvgIpc) is 2.16. The zero-order valence-corrected chi connectivity index (χ0v) is 7.49. The van der Waals surface area contributed by atoms with Crippen molar-refractivity contribution in [3.05, 3.63) is 46.4 Å². The maximum absolute atomic E-state index is 10.5. The van der Waals surface area contributed by atoms with E-state index in [1.54, 1.807) is 12.1 Å². The number of hydrogen-bond acceptors (Lipinski definition) is 3. The van der Waals surface area contributed by atoms with Gasteiger partial charge in [0.1, 0.15) is 0 Å². The van der Waals surface area contributed by atoms with E-state index < -0.39 is 4.92 Å². The van der Waals surface area contributed by atoms with Crippen LogP contribution in [0, 0.1) is 28.9 Å². The van der Waals surface area contributed by atoms with Gasteiger partial charge in [-0.15, -0.1) is 0 Å². The number of nitrogens with zero attached hydrogens (tertiary/aromatic N) is 1. The van der Waals surface area contributed by atoms with E-state index in [2.05, 4.69) is 18.8 Å². The molecule has 0 amide bonds. The lowest BCUT2D eigenvalue weighted by Crippen LogP contribution is -1.94. The van der Waals surface area contributed by atoms with Gasteiger partial charge in [-0.25, -0.2) is 0 Å². The van der Waals surface area contributed by atoms with Gasteiger partial charge in [-0.2, -0.15) is 0 Å². The molecule has 0 saturated carbocycles. The lowest BCUT2D eigenvalue weighted by molar-refractivity contribution is -0.385. The summed E-state index contributed by atoms with van der Waals surface area (Å²) in [5.74, 6) is 5.34. The van der Waals surface area contributed by atoms with E-state index in [0.717, 1.165) is 0 Å². The van der Waals surface area contributed by atoms with E-state index in [-0.39, 0.29) is 12.2 Å². The highest BCUT2D eigenvalue weighted by Crippen LogP contribution is 2.18. The van der Waals surface area contributed by atoms with Gasteiger partial charge in [0, 0.05) is 17.2 Å². The van der Waals surface area contributed by atoms with Gasteiger partial charge in [0.05, 0.1) is 11.5 Å². The van der Waals surface area contributed by atoms with E-state index >= 15 is 0 Å². The summed E-state index contributed by atoms with van der Waals surface area (Å²) in [6.07, 6.45) is 0. The minimum Gasteiger partial charge on any atom is -0.320 e. The van der Waals surface area contributed by atoms with Gasteiger partial charge in [-0.3, -0.25) is 10.1 Å². The molecule has 0 aromatic heterocycles. The van der Waals surface area contributed by atoms with E-state index in [4.69, 9.17) is 5.73 Å². The lowest BCUT2D eigenvalue weighted by Gasteiger charge is -1.96. The molecule has 0 aliphatic heterocycles. The van der Waals surface area contributed by atoms with Crippen molar-refractivity contribution < 1.29 is 4.92 Å². The van der Waals surface area contributed by atoms with Crippen molar-refractivity contribution in [2.45, 2.75) is 0 Å². The molecule has 0 aliphatic rings. The van der Waals surface area contributed by atoms with Gasteiger partial charge < -0.3 is 5.73 Å². The molecule has 0 fully saturated rings. The normalized spacial score (nSPS) is 9.00. The highest BCUT2D eigenvalue weighted by Gasteiger charge is 2.09. The van der Waals surface area contributed by atoms with Crippen LogP contribution in [0.3, 0.4) is 0 Å². The predicted molar refractivity (Wildman–Crippen MR) is 53.5 cm³/mol. The van der Waals surface area contributed by atoms with Gasteiger partial charge in [0.15, 0.2) is 0 Å². The van der Waals surface area contributed by atoms with Crippen molar-refractivity contribution in [1.29, 1.82) is 0 Å². The molecule has 4 heteroatoms. The summed E-state index contributed by atoms with van der Waals surface area (Å²) in [5.41, 5.74) is 6.13. The molecule has 14 heavy (non-hydrogen) atoms. The Bertz CT molecular complexity index is 416. The van der Waals surface area contributed by atoms with Crippen LogP contribution < -0.4 is 5.73 Å². The topological polar surface area (TPSA) is 69.2 Å². The molecule has 0 heterocycles.